The van der Waals surface area contributed by atoms with Crippen molar-refractivity contribution in [3.05, 3.63) is 29.8 Å². The predicted octanol–water partition coefficient (Wildman–Crippen LogP) is 2.88. The smallest absolute Gasteiger partial charge is 0.234 e. The Kier molecular flexibility index (Phi) is 7.53. The van der Waals surface area contributed by atoms with Crippen LogP contribution in [0.4, 0.5) is 5.69 Å². The van der Waals surface area contributed by atoms with Crippen molar-refractivity contribution in [3.8, 4) is 0 Å². The van der Waals surface area contributed by atoms with E-state index in [4.69, 9.17) is 0 Å². The molecular weight excluding hydrogens is 244 g/mol. The molecule has 0 atom stereocenters. The Hall–Kier alpha value is -1.00. The fourth-order valence-corrected chi connectivity index (χ4v) is 2.23. The van der Waals surface area contributed by atoms with E-state index in [1.54, 1.807) is 11.8 Å². The standard InChI is InChI=1S/C14H22N2OS/c1-3-8-18-11-14(17)16-13-7-5-6-12(9-13)10-15-4-2/h5-7,9,15H,3-4,8,10-11H2,1-2H3,(H,16,17). The molecule has 4 heteroatoms. The Balaban J connectivity index is 2.43. The lowest BCUT2D eigenvalue weighted by molar-refractivity contribution is -0.113. The number of carbonyl (C=O) groups excluding carboxylic acids is 1. The van der Waals surface area contributed by atoms with E-state index in [1.807, 2.05) is 18.2 Å². The molecular formula is C14H22N2OS. The lowest BCUT2D eigenvalue weighted by Gasteiger charge is -2.07. The topological polar surface area (TPSA) is 41.1 Å². The van der Waals surface area contributed by atoms with Crippen LogP contribution in [-0.4, -0.2) is 24.0 Å². The van der Waals surface area contributed by atoms with Gasteiger partial charge in [0.05, 0.1) is 5.75 Å². The Bertz CT molecular complexity index is 369. The molecule has 0 aliphatic carbocycles. The molecule has 2 N–H and O–H groups in total. The van der Waals surface area contributed by atoms with Crippen LogP contribution >= 0.6 is 11.8 Å². The molecule has 1 aromatic rings. The summed E-state index contributed by atoms with van der Waals surface area (Å²) >= 11 is 1.67. The first-order valence-electron chi connectivity index (χ1n) is 6.43. The minimum Gasteiger partial charge on any atom is -0.325 e. The second-order valence-corrected chi connectivity index (χ2v) is 5.19. The highest BCUT2D eigenvalue weighted by Crippen LogP contribution is 2.11. The number of nitrogens with one attached hydrogen (secondary N) is 2. The van der Waals surface area contributed by atoms with Crippen LogP contribution in [0.5, 0.6) is 0 Å². The molecule has 0 saturated heterocycles. The molecule has 0 spiro atoms. The summed E-state index contributed by atoms with van der Waals surface area (Å²) in [6.07, 6.45) is 1.11. The van der Waals surface area contributed by atoms with Crippen LogP contribution < -0.4 is 10.6 Å². The van der Waals surface area contributed by atoms with Gasteiger partial charge in [0.15, 0.2) is 0 Å². The molecule has 0 aromatic heterocycles. The van der Waals surface area contributed by atoms with Gasteiger partial charge in [-0.25, -0.2) is 0 Å². The highest BCUT2D eigenvalue weighted by atomic mass is 32.2. The van der Waals surface area contributed by atoms with Crippen molar-refractivity contribution in [3.63, 3.8) is 0 Å². The first-order valence-corrected chi connectivity index (χ1v) is 7.59. The third-order valence-electron chi connectivity index (χ3n) is 2.37. The lowest BCUT2D eigenvalue weighted by Crippen LogP contribution is -2.15. The summed E-state index contributed by atoms with van der Waals surface area (Å²) < 4.78 is 0. The summed E-state index contributed by atoms with van der Waals surface area (Å²) in [6, 6.07) is 7.98. The van der Waals surface area contributed by atoms with Gasteiger partial charge in [0.2, 0.25) is 5.91 Å². The van der Waals surface area contributed by atoms with E-state index in [2.05, 4.69) is 30.5 Å². The number of thioether (sulfide) groups is 1. The maximum atomic E-state index is 11.7. The third-order valence-corrected chi connectivity index (χ3v) is 3.53. The first-order chi connectivity index (χ1) is 8.76. The Morgan fingerprint density at radius 3 is 2.89 bits per heavy atom. The van der Waals surface area contributed by atoms with Crippen molar-refractivity contribution in [2.24, 2.45) is 0 Å². The summed E-state index contributed by atoms with van der Waals surface area (Å²) in [6.45, 7) is 5.99. The van der Waals surface area contributed by atoms with Gasteiger partial charge in [-0.1, -0.05) is 26.0 Å². The zero-order valence-electron chi connectivity index (χ0n) is 11.2. The van der Waals surface area contributed by atoms with Crippen molar-refractivity contribution < 1.29 is 4.79 Å². The molecule has 1 aromatic carbocycles. The Labute approximate surface area is 114 Å². The van der Waals surface area contributed by atoms with Gasteiger partial charge in [-0.2, -0.15) is 11.8 Å². The summed E-state index contributed by atoms with van der Waals surface area (Å²) in [5, 5.41) is 6.20. The lowest BCUT2D eigenvalue weighted by atomic mass is 10.2. The van der Waals surface area contributed by atoms with E-state index < -0.39 is 0 Å². The maximum absolute atomic E-state index is 11.7. The van der Waals surface area contributed by atoms with E-state index in [1.165, 1.54) is 5.56 Å². The van der Waals surface area contributed by atoms with Crippen molar-refractivity contribution in [1.29, 1.82) is 0 Å². The number of hydrogen-bond acceptors (Lipinski definition) is 3. The minimum atomic E-state index is 0.0778. The number of amides is 1. The molecule has 1 amide bonds. The van der Waals surface area contributed by atoms with E-state index in [9.17, 15) is 4.79 Å². The molecule has 0 fully saturated rings. The molecule has 0 unspecified atom stereocenters. The zero-order chi connectivity index (χ0) is 13.2. The van der Waals surface area contributed by atoms with Gasteiger partial charge < -0.3 is 10.6 Å². The van der Waals surface area contributed by atoms with Crippen LogP contribution in [0.1, 0.15) is 25.8 Å². The molecule has 0 radical (unpaired) electrons. The second-order valence-electron chi connectivity index (χ2n) is 4.08. The third kappa shape index (κ3) is 6.07. The summed E-state index contributed by atoms with van der Waals surface area (Å²) in [7, 11) is 0. The van der Waals surface area contributed by atoms with E-state index >= 15 is 0 Å². The number of carbonyl (C=O) groups is 1. The van der Waals surface area contributed by atoms with Crippen LogP contribution in [0, 0.1) is 0 Å². The fraction of sp³-hybridized carbons (Fsp3) is 0.500. The monoisotopic (exact) mass is 266 g/mol. The molecule has 0 bridgehead atoms. The molecule has 0 heterocycles. The van der Waals surface area contributed by atoms with Crippen molar-refractivity contribution >= 4 is 23.4 Å². The summed E-state index contributed by atoms with van der Waals surface area (Å²) in [5.74, 6) is 1.65. The summed E-state index contributed by atoms with van der Waals surface area (Å²) in [5.41, 5.74) is 2.07. The molecule has 0 saturated carbocycles. The van der Waals surface area contributed by atoms with E-state index in [-0.39, 0.29) is 5.91 Å². The van der Waals surface area contributed by atoms with Gasteiger partial charge in [0.25, 0.3) is 0 Å². The number of benzene rings is 1. The second kappa shape index (κ2) is 9.00. The van der Waals surface area contributed by atoms with Gasteiger partial charge in [-0.3, -0.25) is 4.79 Å². The van der Waals surface area contributed by atoms with E-state index in [0.29, 0.717) is 5.75 Å². The van der Waals surface area contributed by atoms with Gasteiger partial charge >= 0.3 is 0 Å². The predicted molar refractivity (Wildman–Crippen MR) is 80.1 cm³/mol. The highest BCUT2D eigenvalue weighted by molar-refractivity contribution is 7.99. The van der Waals surface area contributed by atoms with Crippen molar-refractivity contribution in [2.75, 3.05) is 23.4 Å². The zero-order valence-corrected chi connectivity index (χ0v) is 12.0. The molecule has 100 valence electrons. The molecule has 0 aliphatic rings. The fourth-order valence-electron chi connectivity index (χ4n) is 1.53. The number of hydrogen-bond donors (Lipinski definition) is 2. The Morgan fingerprint density at radius 2 is 2.17 bits per heavy atom. The van der Waals surface area contributed by atoms with Gasteiger partial charge in [-0.15, -0.1) is 0 Å². The first kappa shape index (κ1) is 15.1. The Morgan fingerprint density at radius 1 is 1.33 bits per heavy atom. The number of rotatable bonds is 8. The molecule has 1 rings (SSSR count). The molecule has 3 nitrogen and oxygen atoms in total. The van der Waals surface area contributed by atoms with Crippen LogP contribution in [0.2, 0.25) is 0 Å². The molecule has 18 heavy (non-hydrogen) atoms. The van der Waals surface area contributed by atoms with Gasteiger partial charge in [0, 0.05) is 12.2 Å². The highest BCUT2D eigenvalue weighted by Gasteiger charge is 2.02. The molecule has 0 aliphatic heterocycles. The SMILES string of the molecule is CCCSCC(=O)Nc1cccc(CNCC)c1. The average Bonchev–Trinajstić information content (AvgIpc) is 2.37. The van der Waals surface area contributed by atoms with Crippen molar-refractivity contribution in [2.45, 2.75) is 26.8 Å². The van der Waals surface area contributed by atoms with E-state index in [0.717, 1.165) is 31.0 Å². The minimum absolute atomic E-state index is 0.0778. The van der Waals surface area contributed by atoms with Crippen LogP contribution in [0.15, 0.2) is 24.3 Å². The van der Waals surface area contributed by atoms with Crippen molar-refractivity contribution in [1.82, 2.24) is 5.32 Å². The normalized spacial score (nSPS) is 10.3. The van der Waals surface area contributed by atoms with Gasteiger partial charge in [0.1, 0.15) is 0 Å². The largest absolute Gasteiger partial charge is 0.325 e. The summed E-state index contributed by atoms with van der Waals surface area (Å²) in [4.78, 5) is 11.7. The number of anilines is 1. The quantitative estimate of drug-likeness (QED) is 0.711. The van der Waals surface area contributed by atoms with Gasteiger partial charge in [-0.05, 0) is 36.4 Å². The van der Waals surface area contributed by atoms with Crippen LogP contribution in [0.25, 0.3) is 0 Å². The van der Waals surface area contributed by atoms with Crippen LogP contribution in [0.3, 0.4) is 0 Å². The average molecular weight is 266 g/mol. The maximum Gasteiger partial charge on any atom is 0.234 e. The van der Waals surface area contributed by atoms with Crippen LogP contribution in [-0.2, 0) is 11.3 Å².